The van der Waals surface area contributed by atoms with Crippen LogP contribution in [0, 0.1) is 0 Å². The van der Waals surface area contributed by atoms with Crippen molar-refractivity contribution in [2.24, 2.45) is 0 Å². The predicted molar refractivity (Wildman–Crippen MR) is 160 cm³/mol. The molecule has 1 amide bonds. The number of nitrogens with one attached hydrogen (secondary N) is 3. The molecule has 0 saturated heterocycles. The van der Waals surface area contributed by atoms with E-state index in [-0.39, 0.29) is 5.91 Å². The van der Waals surface area contributed by atoms with E-state index < -0.39 is 0 Å². The Hall–Kier alpha value is -5.47. The summed E-state index contributed by atoms with van der Waals surface area (Å²) in [5.41, 5.74) is 10.0. The Labute approximate surface area is 236 Å². The lowest BCUT2D eigenvalue weighted by Gasteiger charge is -2.13. The number of fused-ring (bicyclic) bond motifs is 2. The van der Waals surface area contributed by atoms with Crippen molar-refractivity contribution in [3.8, 4) is 22.3 Å². The zero-order valence-electron chi connectivity index (χ0n) is 22.0. The zero-order valence-corrected chi connectivity index (χ0v) is 22.0. The number of hydrogen-bond donors (Lipinski definition) is 3. The lowest BCUT2D eigenvalue weighted by molar-refractivity contribution is 0.102. The fourth-order valence-electron chi connectivity index (χ4n) is 5.13. The van der Waals surface area contributed by atoms with E-state index in [2.05, 4.69) is 54.8 Å². The highest BCUT2D eigenvalue weighted by Gasteiger charge is 2.19. The Morgan fingerprint density at radius 1 is 0.780 bits per heavy atom. The highest BCUT2D eigenvalue weighted by Crippen LogP contribution is 2.34. The molecule has 2 aromatic carbocycles. The monoisotopic (exact) mass is 535 g/mol. The summed E-state index contributed by atoms with van der Waals surface area (Å²) in [6.07, 6.45) is 12.9. The van der Waals surface area contributed by atoms with E-state index >= 15 is 0 Å². The standard InChI is InChI=1S/C33H25N7O/c41-33(21-5-2-1-3-6-21)38-26-13-25(17-36-18-26)22-8-9-24-16-35-12-10-27(28(24)14-22)32-39-30-20-37-19-29(31(30)40-32)23-7-4-11-34-15-23/h1-11,13-15,17-20,35H,12,16H2,(H,38,41)(H,39,40). The Bertz CT molecular complexity index is 1910. The highest BCUT2D eigenvalue weighted by atomic mass is 16.1. The summed E-state index contributed by atoms with van der Waals surface area (Å²) in [5, 5.41) is 6.44. The van der Waals surface area contributed by atoms with Crippen LogP contribution < -0.4 is 10.6 Å². The van der Waals surface area contributed by atoms with E-state index in [0.717, 1.165) is 56.8 Å². The average Bonchev–Trinajstić information content (AvgIpc) is 3.35. The molecule has 8 heteroatoms. The molecule has 0 atom stereocenters. The summed E-state index contributed by atoms with van der Waals surface area (Å²) < 4.78 is 0. The van der Waals surface area contributed by atoms with Gasteiger partial charge < -0.3 is 15.6 Å². The van der Waals surface area contributed by atoms with Crippen LogP contribution in [0.4, 0.5) is 5.69 Å². The van der Waals surface area contributed by atoms with Crippen molar-refractivity contribution in [1.29, 1.82) is 0 Å². The first-order valence-electron chi connectivity index (χ1n) is 13.3. The molecule has 6 aromatic rings. The van der Waals surface area contributed by atoms with E-state index in [9.17, 15) is 4.79 Å². The summed E-state index contributed by atoms with van der Waals surface area (Å²) in [6.45, 7) is 1.45. The Kier molecular flexibility index (Phi) is 6.35. The molecular formula is C33H25N7O. The van der Waals surface area contributed by atoms with Gasteiger partial charge in [-0.05, 0) is 47.0 Å². The molecule has 0 aliphatic carbocycles. The van der Waals surface area contributed by atoms with Gasteiger partial charge in [-0.1, -0.05) is 42.5 Å². The van der Waals surface area contributed by atoms with Gasteiger partial charge in [-0.2, -0.15) is 0 Å². The topological polar surface area (TPSA) is 108 Å². The summed E-state index contributed by atoms with van der Waals surface area (Å²) >= 11 is 0. The molecule has 41 heavy (non-hydrogen) atoms. The van der Waals surface area contributed by atoms with Gasteiger partial charge in [0, 0.05) is 65.7 Å². The minimum absolute atomic E-state index is 0.173. The number of anilines is 1. The van der Waals surface area contributed by atoms with Gasteiger partial charge in [0.05, 0.1) is 29.1 Å². The molecule has 3 N–H and O–H groups in total. The second-order valence-electron chi connectivity index (χ2n) is 9.81. The molecule has 5 heterocycles. The number of hydrogen-bond acceptors (Lipinski definition) is 6. The van der Waals surface area contributed by atoms with Crippen molar-refractivity contribution in [2.75, 3.05) is 11.9 Å². The Morgan fingerprint density at radius 3 is 2.54 bits per heavy atom. The number of carbonyl (C=O) groups is 1. The van der Waals surface area contributed by atoms with E-state index in [0.29, 0.717) is 17.8 Å². The number of amides is 1. The van der Waals surface area contributed by atoms with Crippen LogP contribution in [-0.2, 0) is 6.54 Å². The molecule has 0 saturated carbocycles. The van der Waals surface area contributed by atoms with Gasteiger partial charge in [0.15, 0.2) is 0 Å². The van der Waals surface area contributed by atoms with Gasteiger partial charge in [-0.15, -0.1) is 0 Å². The number of pyridine rings is 3. The minimum atomic E-state index is -0.173. The van der Waals surface area contributed by atoms with Crippen molar-refractivity contribution in [2.45, 2.75) is 6.54 Å². The quantitative estimate of drug-likeness (QED) is 0.255. The molecular weight excluding hydrogens is 510 g/mol. The number of benzene rings is 2. The second-order valence-corrected chi connectivity index (χ2v) is 9.81. The summed E-state index contributed by atoms with van der Waals surface area (Å²) in [7, 11) is 0. The third-order valence-corrected chi connectivity index (χ3v) is 7.15. The maximum atomic E-state index is 12.7. The van der Waals surface area contributed by atoms with Crippen molar-refractivity contribution < 1.29 is 4.79 Å². The average molecular weight is 536 g/mol. The van der Waals surface area contributed by atoms with Crippen LogP contribution in [0.3, 0.4) is 0 Å². The molecule has 0 radical (unpaired) electrons. The zero-order chi connectivity index (χ0) is 27.6. The molecule has 1 aliphatic rings. The van der Waals surface area contributed by atoms with Crippen LogP contribution in [-0.4, -0.2) is 37.4 Å². The molecule has 0 spiro atoms. The molecule has 198 valence electrons. The third-order valence-electron chi connectivity index (χ3n) is 7.15. The van der Waals surface area contributed by atoms with Crippen molar-refractivity contribution in [3.05, 3.63) is 133 Å². The van der Waals surface area contributed by atoms with Crippen molar-refractivity contribution >= 4 is 28.2 Å². The van der Waals surface area contributed by atoms with Crippen LogP contribution in [0.1, 0.15) is 27.3 Å². The molecule has 7 rings (SSSR count). The number of aromatic amines is 1. The summed E-state index contributed by atoms with van der Waals surface area (Å²) in [5.74, 6) is 0.607. The highest BCUT2D eigenvalue weighted by molar-refractivity contribution is 6.04. The summed E-state index contributed by atoms with van der Waals surface area (Å²) in [4.78, 5) is 34.4. The van der Waals surface area contributed by atoms with Crippen LogP contribution in [0.2, 0.25) is 0 Å². The van der Waals surface area contributed by atoms with Gasteiger partial charge >= 0.3 is 0 Å². The lowest BCUT2D eigenvalue weighted by atomic mass is 9.94. The molecule has 8 nitrogen and oxygen atoms in total. The smallest absolute Gasteiger partial charge is 0.255 e. The van der Waals surface area contributed by atoms with E-state index in [1.54, 1.807) is 30.7 Å². The fourth-order valence-corrected chi connectivity index (χ4v) is 5.13. The minimum Gasteiger partial charge on any atom is -0.337 e. The maximum Gasteiger partial charge on any atom is 0.255 e. The van der Waals surface area contributed by atoms with Crippen LogP contribution in [0.15, 0.2) is 110 Å². The number of imidazole rings is 1. The van der Waals surface area contributed by atoms with Crippen LogP contribution in [0.25, 0.3) is 38.9 Å². The summed E-state index contributed by atoms with van der Waals surface area (Å²) in [6, 6.07) is 21.4. The van der Waals surface area contributed by atoms with E-state index in [1.165, 1.54) is 5.56 Å². The second kappa shape index (κ2) is 10.6. The largest absolute Gasteiger partial charge is 0.337 e. The normalized spacial score (nSPS) is 12.8. The maximum absolute atomic E-state index is 12.7. The molecule has 0 unspecified atom stereocenters. The van der Waals surface area contributed by atoms with Crippen molar-refractivity contribution in [3.63, 3.8) is 0 Å². The first-order valence-corrected chi connectivity index (χ1v) is 13.3. The molecule has 0 bridgehead atoms. The fraction of sp³-hybridized carbons (Fsp3) is 0.0606. The van der Waals surface area contributed by atoms with E-state index in [1.807, 2.05) is 55.0 Å². The van der Waals surface area contributed by atoms with Gasteiger partial charge in [-0.25, -0.2) is 4.98 Å². The molecule has 0 fully saturated rings. The van der Waals surface area contributed by atoms with E-state index in [4.69, 9.17) is 4.98 Å². The number of nitrogens with zero attached hydrogens (tertiary/aromatic N) is 4. The number of H-pyrrole nitrogens is 1. The number of rotatable bonds is 5. The number of aromatic nitrogens is 5. The van der Waals surface area contributed by atoms with Gasteiger partial charge in [0.1, 0.15) is 5.82 Å². The lowest BCUT2D eigenvalue weighted by Crippen LogP contribution is -2.12. The van der Waals surface area contributed by atoms with Crippen molar-refractivity contribution in [1.82, 2.24) is 30.2 Å². The van der Waals surface area contributed by atoms with Gasteiger partial charge in [-0.3, -0.25) is 19.7 Å². The Balaban J connectivity index is 1.25. The first kappa shape index (κ1) is 24.6. The van der Waals surface area contributed by atoms with Gasteiger partial charge in [0.25, 0.3) is 5.91 Å². The first-order chi connectivity index (χ1) is 20.2. The molecule has 4 aromatic heterocycles. The van der Waals surface area contributed by atoms with Crippen LogP contribution in [0.5, 0.6) is 0 Å². The number of carbonyl (C=O) groups excluding carboxylic acids is 1. The SMILES string of the molecule is O=C(Nc1cncc(-c2ccc3c(c2)C(c2nc4c(-c5cccnc5)cncc4[nH]2)=CCNC3)c1)c1ccccc1. The van der Waals surface area contributed by atoms with Gasteiger partial charge in [0.2, 0.25) is 0 Å². The third kappa shape index (κ3) is 4.88. The molecule has 1 aliphatic heterocycles. The van der Waals surface area contributed by atoms with Crippen LogP contribution >= 0.6 is 0 Å². The predicted octanol–water partition coefficient (Wildman–Crippen LogP) is 5.87. The Morgan fingerprint density at radius 2 is 1.66 bits per heavy atom.